The lowest BCUT2D eigenvalue weighted by Crippen LogP contribution is -2.47. The van der Waals surface area contributed by atoms with Crippen molar-refractivity contribution in [3.8, 4) is 5.75 Å². The summed E-state index contributed by atoms with van der Waals surface area (Å²) in [6, 6.07) is 5.24. The van der Waals surface area contributed by atoms with Gasteiger partial charge in [0.1, 0.15) is 5.75 Å². The Labute approximate surface area is 161 Å². The van der Waals surface area contributed by atoms with E-state index in [1.165, 1.54) is 0 Å². The summed E-state index contributed by atoms with van der Waals surface area (Å²) in [4.78, 5) is 29.2. The van der Waals surface area contributed by atoms with Crippen LogP contribution in [0.15, 0.2) is 18.2 Å². The zero-order chi connectivity index (χ0) is 19.2. The summed E-state index contributed by atoms with van der Waals surface area (Å²) < 4.78 is 5.36. The Hall–Kier alpha value is -2.12. The topological polar surface area (TPSA) is 73.9 Å². The molecule has 2 aliphatic heterocycles. The molecule has 1 aromatic rings. The highest BCUT2D eigenvalue weighted by Gasteiger charge is 2.22. The number of nitrogens with one attached hydrogen (secondary N) is 2. The van der Waals surface area contributed by atoms with Crippen molar-refractivity contribution < 1.29 is 14.3 Å². The third-order valence-electron chi connectivity index (χ3n) is 5.45. The highest BCUT2D eigenvalue weighted by atomic mass is 16.5. The van der Waals surface area contributed by atoms with Gasteiger partial charge in [0.2, 0.25) is 5.91 Å². The highest BCUT2D eigenvalue weighted by Crippen LogP contribution is 2.27. The van der Waals surface area contributed by atoms with Gasteiger partial charge in [-0.05, 0) is 57.1 Å². The third-order valence-corrected chi connectivity index (χ3v) is 5.45. The molecule has 1 aromatic carbocycles. The zero-order valence-electron chi connectivity index (χ0n) is 16.3. The Bertz CT molecular complexity index is 665. The van der Waals surface area contributed by atoms with Gasteiger partial charge >= 0.3 is 0 Å². The van der Waals surface area contributed by atoms with E-state index in [2.05, 4.69) is 22.6 Å². The molecule has 0 radical (unpaired) electrons. The van der Waals surface area contributed by atoms with Crippen molar-refractivity contribution in [1.29, 1.82) is 0 Å². The average molecular weight is 374 g/mol. The third kappa shape index (κ3) is 5.20. The standard InChI is InChI=1S/C20H30N4O3/c1-23-9-11-24(12-10-23)20(26)16-4-5-18(27-2)17(13-16)22-19(25)6-3-15-7-8-21-14-15/h4-5,13,15,21H,3,6-12,14H2,1-2H3,(H,22,25). The van der Waals surface area contributed by atoms with Gasteiger partial charge in [0.15, 0.2) is 0 Å². The van der Waals surface area contributed by atoms with E-state index in [9.17, 15) is 9.59 Å². The number of benzene rings is 1. The molecule has 2 aliphatic rings. The van der Waals surface area contributed by atoms with Crippen molar-refractivity contribution in [1.82, 2.24) is 15.1 Å². The molecule has 1 unspecified atom stereocenters. The van der Waals surface area contributed by atoms with E-state index < -0.39 is 0 Å². The van der Waals surface area contributed by atoms with Crippen LogP contribution in [0.1, 0.15) is 29.6 Å². The van der Waals surface area contributed by atoms with E-state index in [1.807, 2.05) is 4.90 Å². The highest BCUT2D eigenvalue weighted by molar-refractivity contribution is 5.98. The number of piperazine rings is 1. The second-order valence-electron chi connectivity index (χ2n) is 7.46. The lowest BCUT2D eigenvalue weighted by molar-refractivity contribution is -0.116. The molecular formula is C20H30N4O3. The van der Waals surface area contributed by atoms with Gasteiger partial charge in [0.25, 0.3) is 5.91 Å². The summed E-state index contributed by atoms with van der Waals surface area (Å²) in [6.45, 7) is 5.22. The van der Waals surface area contributed by atoms with Crippen LogP contribution in [0, 0.1) is 5.92 Å². The van der Waals surface area contributed by atoms with Crippen molar-refractivity contribution in [3.05, 3.63) is 23.8 Å². The predicted octanol–water partition coefficient (Wildman–Crippen LogP) is 1.41. The van der Waals surface area contributed by atoms with E-state index in [4.69, 9.17) is 4.74 Å². The number of carbonyl (C=O) groups is 2. The van der Waals surface area contributed by atoms with Gasteiger partial charge in [-0.15, -0.1) is 0 Å². The number of anilines is 1. The molecule has 0 aromatic heterocycles. The molecule has 7 nitrogen and oxygen atoms in total. The summed E-state index contributed by atoms with van der Waals surface area (Å²) in [5, 5.41) is 6.25. The Morgan fingerprint density at radius 3 is 2.70 bits per heavy atom. The molecule has 27 heavy (non-hydrogen) atoms. The molecule has 2 saturated heterocycles. The molecule has 1 atom stereocenters. The van der Waals surface area contributed by atoms with E-state index in [1.54, 1.807) is 25.3 Å². The summed E-state index contributed by atoms with van der Waals surface area (Å²) in [5.74, 6) is 1.10. The SMILES string of the molecule is COc1ccc(C(=O)N2CCN(C)CC2)cc1NC(=O)CCC1CCNC1. The number of hydrogen-bond acceptors (Lipinski definition) is 5. The van der Waals surface area contributed by atoms with E-state index in [0.717, 1.165) is 52.1 Å². The minimum absolute atomic E-state index is 0.00159. The molecule has 0 bridgehead atoms. The Balaban J connectivity index is 1.63. The lowest BCUT2D eigenvalue weighted by Gasteiger charge is -2.32. The quantitative estimate of drug-likeness (QED) is 0.788. The van der Waals surface area contributed by atoms with Gasteiger partial charge in [-0.25, -0.2) is 0 Å². The second kappa shape index (κ2) is 9.19. The molecule has 7 heteroatoms. The molecule has 0 spiro atoms. The lowest BCUT2D eigenvalue weighted by atomic mass is 10.0. The fourth-order valence-electron chi connectivity index (χ4n) is 3.64. The van der Waals surface area contributed by atoms with Crippen molar-refractivity contribution in [2.24, 2.45) is 5.92 Å². The van der Waals surface area contributed by atoms with Crippen LogP contribution in [-0.4, -0.2) is 75.0 Å². The van der Waals surface area contributed by atoms with Crippen LogP contribution < -0.4 is 15.4 Å². The van der Waals surface area contributed by atoms with Crippen LogP contribution in [0.2, 0.25) is 0 Å². The predicted molar refractivity (Wildman–Crippen MR) is 105 cm³/mol. The molecular weight excluding hydrogens is 344 g/mol. The van der Waals surface area contributed by atoms with Crippen molar-refractivity contribution in [2.45, 2.75) is 19.3 Å². The maximum Gasteiger partial charge on any atom is 0.254 e. The first-order chi connectivity index (χ1) is 13.1. The number of methoxy groups -OCH3 is 1. The van der Waals surface area contributed by atoms with Crippen LogP contribution in [0.3, 0.4) is 0 Å². The van der Waals surface area contributed by atoms with Crippen molar-refractivity contribution in [2.75, 3.05) is 58.7 Å². The number of amides is 2. The first-order valence-electron chi connectivity index (χ1n) is 9.73. The normalized spacial score (nSPS) is 20.5. The largest absolute Gasteiger partial charge is 0.495 e. The van der Waals surface area contributed by atoms with Gasteiger partial charge in [-0.3, -0.25) is 9.59 Å². The first-order valence-corrected chi connectivity index (χ1v) is 9.73. The van der Waals surface area contributed by atoms with E-state index in [0.29, 0.717) is 29.3 Å². The number of ether oxygens (including phenoxy) is 1. The van der Waals surface area contributed by atoms with Crippen molar-refractivity contribution in [3.63, 3.8) is 0 Å². The fourth-order valence-corrected chi connectivity index (χ4v) is 3.64. The van der Waals surface area contributed by atoms with Gasteiger partial charge < -0.3 is 25.2 Å². The second-order valence-corrected chi connectivity index (χ2v) is 7.46. The Morgan fingerprint density at radius 2 is 2.04 bits per heavy atom. The Morgan fingerprint density at radius 1 is 1.26 bits per heavy atom. The Kier molecular flexibility index (Phi) is 6.68. The maximum atomic E-state index is 12.8. The molecule has 2 N–H and O–H groups in total. The summed E-state index contributed by atoms with van der Waals surface area (Å²) in [7, 11) is 3.63. The minimum Gasteiger partial charge on any atom is -0.495 e. The maximum absolute atomic E-state index is 12.8. The molecule has 2 heterocycles. The first kappa shape index (κ1) is 19.6. The van der Waals surface area contributed by atoms with Gasteiger partial charge in [-0.2, -0.15) is 0 Å². The smallest absolute Gasteiger partial charge is 0.254 e. The fraction of sp³-hybridized carbons (Fsp3) is 0.600. The number of nitrogens with zero attached hydrogens (tertiary/aromatic N) is 2. The van der Waals surface area contributed by atoms with Crippen molar-refractivity contribution >= 4 is 17.5 Å². The summed E-state index contributed by atoms with van der Waals surface area (Å²) >= 11 is 0. The number of hydrogen-bond donors (Lipinski definition) is 2. The minimum atomic E-state index is -0.0376. The molecule has 0 saturated carbocycles. The van der Waals surface area contributed by atoms with E-state index in [-0.39, 0.29) is 11.8 Å². The number of carbonyl (C=O) groups excluding carboxylic acids is 2. The van der Waals surface area contributed by atoms with Gasteiger partial charge in [0.05, 0.1) is 12.8 Å². The zero-order valence-corrected chi connectivity index (χ0v) is 16.3. The van der Waals surface area contributed by atoms with Crippen LogP contribution >= 0.6 is 0 Å². The van der Waals surface area contributed by atoms with Crippen LogP contribution in [-0.2, 0) is 4.79 Å². The van der Waals surface area contributed by atoms with Crippen LogP contribution in [0.4, 0.5) is 5.69 Å². The van der Waals surface area contributed by atoms with Crippen LogP contribution in [0.5, 0.6) is 5.75 Å². The molecule has 2 amide bonds. The molecule has 0 aliphatic carbocycles. The van der Waals surface area contributed by atoms with Gasteiger partial charge in [-0.1, -0.05) is 0 Å². The van der Waals surface area contributed by atoms with Crippen LogP contribution in [0.25, 0.3) is 0 Å². The monoisotopic (exact) mass is 374 g/mol. The molecule has 2 fully saturated rings. The summed E-state index contributed by atoms with van der Waals surface area (Å²) in [6.07, 6.45) is 2.48. The summed E-state index contributed by atoms with van der Waals surface area (Å²) in [5.41, 5.74) is 1.14. The van der Waals surface area contributed by atoms with E-state index >= 15 is 0 Å². The van der Waals surface area contributed by atoms with Gasteiger partial charge in [0, 0.05) is 38.2 Å². The number of rotatable bonds is 6. The molecule has 148 valence electrons. The average Bonchev–Trinajstić information content (AvgIpc) is 3.20. The molecule has 3 rings (SSSR count). The number of likely N-dealkylation sites (N-methyl/N-ethyl adjacent to an activating group) is 1.